The Kier molecular flexibility index (Phi) is 4.71. The third-order valence-electron chi connectivity index (χ3n) is 3.62. The van der Waals surface area contributed by atoms with Crippen LogP contribution in [0.25, 0.3) is 10.9 Å². The highest BCUT2D eigenvalue weighted by Crippen LogP contribution is 2.27. The molecule has 2 heterocycles. The number of halogens is 1. The predicted molar refractivity (Wildman–Crippen MR) is 89.4 cm³/mol. The Morgan fingerprint density at radius 3 is 2.84 bits per heavy atom. The molecule has 0 spiro atoms. The Balaban J connectivity index is 1.88. The lowest BCUT2D eigenvalue weighted by Crippen LogP contribution is -2.21. The normalized spacial score (nSPS) is 10.5. The molecule has 8 heteroatoms. The third kappa shape index (κ3) is 3.64. The summed E-state index contributed by atoms with van der Waals surface area (Å²) in [5.41, 5.74) is 3.57. The number of aromatic nitrogens is 2. The molecular weight excluding hydrogens is 327 g/mol. The number of anilines is 2. The van der Waals surface area contributed by atoms with Crippen molar-refractivity contribution in [2.75, 3.05) is 12.4 Å². The van der Waals surface area contributed by atoms with Gasteiger partial charge in [-0.2, -0.15) is 0 Å². The van der Waals surface area contributed by atoms with E-state index in [0.29, 0.717) is 22.8 Å². The molecule has 0 aliphatic heterocycles. The van der Waals surface area contributed by atoms with Gasteiger partial charge >= 0.3 is 0 Å². The van der Waals surface area contributed by atoms with Crippen molar-refractivity contribution in [2.45, 2.75) is 6.42 Å². The summed E-state index contributed by atoms with van der Waals surface area (Å²) >= 11 is 0. The Morgan fingerprint density at radius 1 is 1.28 bits per heavy atom. The molecule has 1 aromatic carbocycles. The molecule has 3 rings (SSSR count). The summed E-state index contributed by atoms with van der Waals surface area (Å²) in [6.45, 7) is 0. The number of amides is 1. The van der Waals surface area contributed by atoms with Crippen LogP contribution in [0, 0.1) is 5.82 Å². The van der Waals surface area contributed by atoms with Gasteiger partial charge in [-0.3, -0.25) is 15.0 Å². The molecule has 25 heavy (non-hydrogen) atoms. The van der Waals surface area contributed by atoms with E-state index in [-0.39, 0.29) is 12.0 Å². The number of hydroxylamine groups is 1. The highest BCUT2D eigenvalue weighted by molar-refractivity contribution is 5.92. The van der Waals surface area contributed by atoms with E-state index in [1.54, 1.807) is 30.6 Å². The van der Waals surface area contributed by atoms with E-state index in [1.807, 2.05) is 0 Å². The number of carbonyl (C=O) groups is 1. The number of methoxy groups -OCH3 is 1. The maximum Gasteiger partial charge on any atom is 0.247 e. The van der Waals surface area contributed by atoms with Gasteiger partial charge in [0.1, 0.15) is 5.82 Å². The van der Waals surface area contributed by atoms with Crippen molar-refractivity contribution in [3.63, 3.8) is 0 Å². The molecule has 0 saturated heterocycles. The molecule has 0 aliphatic carbocycles. The van der Waals surface area contributed by atoms with Gasteiger partial charge in [-0.25, -0.2) is 14.9 Å². The Hall–Kier alpha value is -3.26. The second-order valence-electron chi connectivity index (χ2n) is 5.25. The van der Waals surface area contributed by atoms with Crippen molar-refractivity contribution in [1.82, 2.24) is 15.4 Å². The first-order chi connectivity index (χ1) is 12.1. The van der Waals surface area contributed by atoms with Crippen molar-refractivity contribution in [1.29, 1.82) is 0 Å². The SMILES string of the molecule is COc1cc2nccc(Nc3ccc(CC(=O)NO)c(F)c3)c2cn1. The topological polar surface area (TPSA) is 96.4 Å². The summed E-state index contributed by atoms with van der Waals surface area (Å²) in [6, 6.07) is 7.87. The first-order valence-electron chi connectivity index (χ1n) is 7.38. The molecule has 0 bridgehead atoms. The molecule has 7 nitrogen and oxygen atoms in total. The first kappa shape index (κ1) is 16.6. The number of benzene rings is 1. The lowest BCUT2D eigenvalue weighted by Gasteiger charge is -2.11. The van der Waals surface area contributed by atoms with Gasteiger partial charge in [0, 0.05) is 29.5 Å². The summed E-state index contributed by atoms with van der Waals surface area (Å²) in [5, 5.41) is 12.4. The van der Waals surface area contributed by atoms with Crippen molar-refractivity contribution < 1.29 is 19.1 Å². The van der Waals surface area contributed by atoms with Gasteiger partial charge in [-0.15, -0.1) is 0 Å². The van der Waals surface area contributed by atoms with Crippen LogP contribution >= 0.6 is 0 Å². The maximum absolute atomic E-state index is 14.1. The van der Waals surface area contributed by atoms with Crippen LogP contribution in [0.15, 0.2) is 42.7 Å². The molecule has 0 atom stereocenters. The van der Waals surface area contributed by atoms with Crippen molar-refractivity contribution in [3.05, 3.63) is 54.1 Å². The van der Waals surface area contributed by atoms with E-state index in [9.17, 15) is 9.18 Å². The number of ether oxygens (including phenoxy) is 1. The highest BCUT2D eigenvalue weighted by Gasteiger charge is 2.10. The van der Waals surface area contributed by atoms with Crippen LogP contribution in [0.4, 0.5) is 15.8 Å². The number of fused-ring (bicyclic) bond motifs is 1. The van der Waals surface area contributed by atoms with Crippen LogP contribution in [0.2, 0.25) is 0 Å². The van der Waals surface area contributed by atoms with E-state index in [1.165, 1.54) is 24.7 Å². The standard InChI is InChI=1S/C17H15FN4O3/c1-25-17-8-15-12(9-20-17)14(4-5-19-15)21-11-3-2-10(13(18)7-11)6-16(23)22-24/h2-5,7-9,24H,6H2,1H3,(H,19,21)(H,22,23). The quantitative estimate of drug-likeness (QED) is 0.487. The van der Waals surface area contributed by atoms with Gasteiger partial charge in [-0.1, -0.05) is 6.07 Å². The Bertz CT molecular complexity index is 933. The fourth-order valence-corrected chi connectivity index (χ4v) is 2.38. The van der Waals surface area contributed by atoms with Gasteiger partial charge < -0.3 is 10.1 Å². The lowest BCUT2D eigenvalue weighted by molar-refractivity contribution is -0.128. The largest absolute Gasteiger partial charge is 0.481 e. The van der Waals surface area contributed by atoms with Crippen LogP contribution < -0.4 is 15.5 Å². The lowest BCUT2D eigenvalue weighted by atomic mass is 10.1. The molecule has 3 N–H and O–H groups in total. The number of nitrogens with zero attached hydrogens (tertiary/aromatic N) is 2. The van der Waals surface area contributed by atoms with E-state index in [2.05, 4.69) is 15.3 Å². The first-order valence-corrected chi connectivity index (χ1v) is 7.38. The van der Waals surface area contributed by atoms with Gasteiger partial charge in [-0.05, 0) is 23.8 Å². The van der Waals surface area contributed by atoms with Gasteiger partial charge in [0.05, 0.1) is 24.7 Å². The van der Waals surface area contributed by atoms with Crippen molar-refractivity contribution in [2.24, 2.45) is 0 Å². The van der Waals surface area contributed by atoms with Gasteiger partial charge in [0.15, 0.2) is 0 Å². The van der Waals surface area contributed by atoms with Crippen LogP contribution in [-0.2, 0) is 11.2 Å². The molecule has 2 aromatic heterocycles. The van der Waals surface area contributed by atoms with Crippen LogP contribution in [0.5, 0.6) is 5.88 Å². The summed E-state index contributed by atoms with van der Waals surface area (Å²) in [4.78, 5) is 19.6. The molecule has 0 radical (unpaired) electrons. The third-order valence-corrected chi connectivity index (χ3v) is 3.62. The second-order valence-corrected chi connectivity index (χ2v) is 5.25. The summed E-state index contributed by atoms with van der Waals surface area (Å²) < 4.78 is 19.2. The zero-order valence-corrected chi connectivity index (χ0v) is 13.3. The molecule has 128 valence electrons. The van der Waals surface area contributed by atoms with E-state index in [0.717, 1.165) is 5.39 Å². The van der Waals surface area contributed by atoms with Crippen LogP contribution in [0.1, 0.15) is 5.56 Å². The fourth-order valence-electron chi connectivity index (χ4n) is 2.38. The van der Waals surface area contributed by atoms with Crippen molar-refractivity contribution >= 4 is 28.2 Å². The van der Waals surface area contributed by atoms with Gasteiger partial charge in [0.25, 0.3) is 0 Å². The van der Waals surface area contributed by atoms with Crippen molar-refractivity contribution in [3.8, 4) is 5.88 Å². The number of rotatable bonds is 5. The molecule has 0 saturated carbocycles. The Labute approximate surface area is 142 Å². The average Bonchev–Trinajstić information content (AvgIpc) is 2.63. The highest BCUT2D eigenvalue weighted by atomic mass is 19.1. The van der Waals surface area contributed by atoms with Crippen LogP contribution in [0.3, 0.4) is 0 Å². The smallest absolute Gasteiger partial charge is 0.247 e. The minimum atomic E-state index is -0.681. The van der Waals surface area contributed by atoms with E-state index in [4.69, 9.17) is 9.94 Å². The molecular formula is C17H15FN4O3. The second kappa shape index (κ2) is 7.10. The maximum atomic E-state index is 14.1. The summed E-state index contributed by atoms with van der Waals surface area (Å²) in [7, 11) is 1.53. The van der Waals surface area contributed by atoms with Crippen LogP contribution in [-0.4, -0.2) is 28.2 Å². The number of hydrogen-bond acceptors (Lipinski definition) is 6. The fraction of sp³-hybridized carbons (Fsp3) is 0.118. The molecule has 1 amide bonds. The minimum absolute atomic E-state index is 0.183. The zero-order valence-electron chi connectivity index (χ0n) is 13.3. The number of hydrogen-bond donors (Lipinski definition) is 3. The summed E-state index contributed by atoms with van der Waals surface area (Å²) in [5.74, 6) is -0.777. The average molecular weight is 342 g/mol. The zero-order chi connectivity index (χ0) is 17.8. The number of nitrogens with one attached hydrogen (secondary N) is 2. The predicted octanol–water partition coefficient (Wildman–Crippen LogP) is 2.57. The molecule has 0 aliphatic rings. The number of pyridine rings is 2. The number of carbonyl (C=O) groups excluding carboxylic acids is 1. The minimum Gasteiger partial charge on any atom is -0.481 e. The van der Waals surface area contributed by atoms with E-state index < -0.39 is 11.7 Å². The van der Waals surface area contributed by atoms with E-state index >= 15 is 0 Å². The molecule has 0 unspecified atom stereocenters. The molecule has 0 fully saturated rings. The molecule has 3 aromatic rings. The Morgan fingerprint density at radius 2 is 2.12 bits per heavy atom. The monoisotopic (exact) mass is 342 g/mol. The van der Waals surface area contributed by atoms with Gasteiger partial charge in [0.2, 0.25) is 11.8 Å². The summed E-state index contributed by atoms with van der Waals surface area (Å²) in [6.07, 6.45) is 3.00.